The molecular formula is C29H32Cl2N2O2. The van der Waals surface area contributed by atoms with Crippen LogP contribution < -0.4 is 5.32 Å². The number of benzene rings is 3. The molecule has 6 heteroatoms. The van der Waals surface area contributed by atoms with Crippen molar-refractivity contribution < 1.29 is 9.59 Å². The van der Waals surface area contributed by atoms with E-state index in [1.807, 2.05) is 75.4 Å². The number of rotatable bonds is 10. The first-order chi connectivity index (χ1) is 16.7. The van der Waals surface area contributed by atoms with Gasteiger partial charge in [0.15, 0.2) is 0 Å². The number of carbonyl (C=O) groups excluding carboxylic acids is 2. The maximum atomic E-state index is 13.8. The normalized spacial score (nSPS) is 11.8. The van der Waals surface area contributed by atoms with E-state index >= 15 is 0 Å². The van der Waals surface area contributed by atoms with Crippen molar-refractivity contribution in [3.05, 3.63) is 105 Å². The average molecular weight is 511 g/mol. The van der Waals surface area contributed by atoms with Crippen LogP contribution in [0.3, 0.4) is 0 Å². The van der Waals surface area contributed by atoms with Crippen molar-refractivity contribution >= 4 is 35.0 Å². The van der Waals surface area contributed by atoms with Crippen LogP contribution in [0.15, 0.2) is 72.8 Å². The van der Waals surface area contributed by atoms with Crippen molar-refractivity contribution in [1.29, 1.82) is 0 Å². The quantitative estimate of drug-likeness (QED) is 0.350. The third kappa shape index (κ3) is 7.84. The molecule has 0 saturated heterocycles. The fraction of sp³-hybridized carbons (Fsp3) is 0.310. The van der Waals surface area contributed by atoms with Gasteiger partial charge in [-0.25, -0.2) is 0 Å². The molecule has 0 aromatic heterocycles. The molecule has 184 valence electrons. The van der Waals surface area contributed by atoms with Crippen LogP contribution in [-0.4, -0.2) is 29.3 Å². The summed E-state index contributed by atoms with van der Waals surface area (Å²) in [4.78, 5) is 29.0. The summed E-state index contributed by atoms with van der Waals surface area (Å²) in [5.41, 5.74) is 3.59. The van der Waals surface area contributed by atoms with Crippen molar-refractivity contribution in [3.63, 3.8) is 0 Å². The van der Waals surface area contributed by atoms with Crippen LogP contribution in [0.4, 0.5) is 0 Å². The molecule has 0 aliphatic rings. The number of aryl methyl sites for hydroxylation is 1. The van der Waals surface area contributed by atoms with Crippen LogP contribution >= 0.6 is 23.2 Å². The number of hydrogen-bond donors (Lipinski definition) is 1. The minimum Gasteiger partial charge on any atom is -0.354 e. The molecule has 3 rings (SSSR count). The molecule has 0 fully saturated rings. The van der Waals surface area contributed by atoms with Gasteiger partial charge in [0.1, 0.15) is 6.04 Å². The van der Waals surface area contributed by atoms with Gasteiger partial charge in [-0.1, -0.05) is 103 Å². The van der Waals surface area contributed by atoms with Crippen molar-refractivity contribution in [2.75, 3.05) is 6.54 Å². The summed E-state index contributed by atoms with van der Waals surface area (Å²) in [7, 11) is 0. The van der Waals surface area contributed by atoms with Crippen molar-refractivity contribution in [2.45, 2.75) is 46.2 Å². The smallest absolute Gasteiger partial charge is 0.243 e. The van der Waals surface area contributed by atoms with Crippen LogP contribution in [0.1, 0.15) is 36.1 Å². The van der Waals surface area contributed by atoms with Gasteiger partial charge in [-0.05, 0) is 41.7 Å². The molecule has 0 aliphatic carbocycles. The van der Waals surface area contributed by atoms with Crippen molar-refractivity contribution in [1.82, 2.24) is 10.2 Å². The maximum absolute atomic E-state index is 13.8. The van der Waals surface area contributed by atoms with E-state index in [0.717, 1.165) is 16.7 Å². The third-order valence-electron chi connectivity index (χ3n) is 5.78. The minimum absolute atomic E-state index is 0.00702. The van der Waals surface area contributed by atoms with E-state index < -0.39 is 6.04 Å². The van der Waals surface area contributed by atoms with E-state index in [2.05, 4.69) is 5.32 Å². The van der Waals surface area contributed by atoms with Gasteiger partial charge in [0, 0.05) is 29.6 Å². The molecule has 35 heavy (non-hydrogen) atoms. The lowest BCUT2D eigenvalue weighted by molar-refractivity contribution is -0.140. The lowest BCUT2D eigenvalue weighted by Crippen LogP contribution is -2.51. The maximum Gasteiger partial charge on any atom is 0.243 e. The zero-order chi connectivity index (χ0) is 25.4. The molecule has 0 spiro atoms. The van der Waals surface area contributed by atoms with Crippen LogP contribution in [0, 0.1) is 12.8 Å². The molecule has 0 radical (unpaired) electrons. The molecule has 0 aliphatic heterocycles. The molecule has 1 N–H and O–H groups in total. The Bertz CT molecular complexity index is 1130. The van der Waals surface area contributed by atoms with Gasteiger partial charge in [-0.15, -0.1) is 0 Å². The van der Waals surface area contributed by atoms with E-state index in [1.54, 1.807) is 23.1 Å². The van der Waals surface area contributed by atoms with E-state index in [1.165, 1.54) is 0 Å². The highest BCUT2D eigenvalue weighted by Gasteiger charge is 2.31. The third-order valence-corrected chi connectivity index (χ3v) is 6.49. The SMILES string of the molecule is Cc1cccc(CN(C(=O)Cc2c(Cl)cccc2Cl)[C@@H](Cc2ccccc2)C(=O)NCC(C)C)c1. The second kappa shape index (κ2) is 12.8. The highest BCUT2D eigenvalue weighted by atomic mass is 35.5. The summed E-state index contributed by atoms with van der Waals surface area (Å²) >= 11 is 12.8. The van der Waals surface area contributed by atoms with Crippen LogP contribution in [-0.2, 0) is 29.0 Å². The van der Waals surface area contributed by atoms with E-state index in [0.29, 0.717) is 41.0 Å². The Labute approximate surface area is 218 Å². The molecule has 0 unspecified atom stereocenters. The highest BCUT2D eigenvalue weighted by Crippen LogP contribution is 2.26. The number of carbonyl (C=O) groups is 2. The summed E-state index contributed by atoms with van der Waals surface area (Å²) in [6.07, 6.45) is 0.408. The first-order valence-corrected chi connectivity index (χ1v) is 12.6. The Morgan fingerprint density at radius 2 is 1.51 bits per heavy atom. The summed E-state index contributed by atoms with van der Waals surface area (Å²) in [5.74, 6) is -0.0878. The van der Waals surface area contributed by atoms with Gasteiger partial charge in [-0.2, -0.15) is 0 Å². The predicted molar refractivity (Wildman–Crippen MR) is 144 cm³/mol. The second-order valence-electron chi connectivity index (χ2n) is 9.23. The van der Waals surface area contributed by atoms with Gasteiger partial charge in [0.2, 0.25) is 11.8 Å². The number of amides is 2. The molecule has 4 nitrogen and oxygen atoms in total. The van der Waals surface area contributed by atoms with Crippen molar-refractivity contribution in [2.24, 2.45) is 5.92 Å². The number of nitrogens with zero attached hydrogens (tertiary/aromatic N) is 1. The molecule has 0 saturated carbocycles. The van der Waals surface area contributed by atoms with Crippen LogP contribution in [0.5, 0.6) is 0 Å². The second-order valence-corrected chi connectivity index (χ2v) is 10.0. The Morgan fingerprint density at radius 3 is 2.14 bits per heavy atom. The van der Waals surface area contributed by atoms with E-state index in [-0.39, 0.29) is 18.2 Å². The molecule has 3 aromatic carbocycles. The summed E-state index contributed by atoms with van der Waals surface area (Å²) in [5, 5.41) is 3.91. The highest BCUT2D eigenvalue weighted by molar-refractivity contribution is 6.36. The lowest BCUT2D eigenvalue weighted by Gasteiger charge is -2.32. The summed E-state index contributed by atoms with van der Waals surface area (Å²) < 4.78 is 0. The van der Waals surface area contributed by atoms with Gasteiger partial charge in [-0.3, -0.25) is 9.59 Å². The van der Waals surface area contributed by atoms with E-state index in [9.17, 15) is 9.59 Å². The fourth-order valence-corrected chi connectivity index (χ4v) is 4.47. The standard InChI is InChI=1S/C29H32Cl2N2O2/c1-20(2)18-32-29(35)27(16-22-10-5-4-6-11-22)33(19-23-12-7-9-21(3)15-23)28(34)17-24-25(30)13-8-14-26(24)31/h4-15,20,27H,16-19H2,1-3H3,(H,32,35)/t27-/m0/s1. The molecule has 2 amide bonds. The number of halogens is 2. The Hall–Kier alpha value is -2.82. The minimum atomic E-state index is -0.689. The monoisotopic (exact) mass is 510 g/mol. The van der Waals surface area contributed by atoms with Crippen molar-refractivity contribution in [3.8, 4) is 0 Å². The Kier molecular flexibility index (Phi) is 9.76. The van der Waals surface area contributed by atoms with Gasteiger partial charge >= 0.3 is 0 Å². The lowest BCUT2D eigenvalue weighted by atomic mass is 10.0. The molecule has 0 bridgehead atoms. The summed E-state index contributed by atoms with van der Waals surface area (Å²) in [6, 6.07) is 22.2. The van der Waals surface area contributed by atoms with Gasteiger partial charge in [0.05, 0.1) is 6.42 Å². The fourth-order valence-electron chi connectivity index (χ4n) is 3.94. The first kappa shape index (κ1) is 26.8. The molecule has 1 atom stereocenters. The number of nitrogens with one attached hydrogen (secondary N) is 1. The Balaban J connectivity index is 2.00. The van der Waals surface area contributed by atoms with Crippen LogP contribution in [0.25, 0.3) is 0 Å². The largest absolute Gasteiger partial charge is 0.354 e. The van der Waals surface area contributed by atoms with Gasteiger partial charge < -0.3 is 10.2 Å². The molecule has 3 aromatic rings. The first-order valence-electron chi connectivity index (χ1n) is 11.8. The van der Waals surface area contributed by atoms with Gasteiger partial charge in [0.25, 0.3) is 0 Å². The zero-order valence-corrected chi connectivity index (χ0v) is 21.9. The van der Waals surface area contributed by atoms with E-state index in [4.69, 9.17) is 23.2 Å². The Morgan fingerprint density at radius 1 is 0.886 bits per heavy atom. The molecule has 0 heterocycles. The summed E-state index contributed by atoms with van der Waals surface area (Å²) in [6.45, 7) is 6.93. The predicted octanol–water partition coefficient (Wildman–Crippen LogP) is 6.26. The molecular weight excluding hydrogens is 479 g/mol. The topological polar surface area (TPSA) is 49.4 Å². The average Bonchev–Trinajstić information content (AvgIpc) is 2.82. The number of hydrogen-bond acceptors (Lipinski definition) is 2. The van der Waals surface area contributed by atoms with Crippen LogP contribution in [0.2, 0.25) is 10.0 Å². The zero-order valence-electron chi connectivity index (χ0n) is 20.4.